The average molecular weight is 1650 g/mol. The molecule has 0 fully saturated rings. The van der Waals surface area contributed by atoms with Crippen molar-refractivity contribution in [3.63, 3.8) is 0 Å². The molecule has 0 bridgehead atoms. The third-order valence-corrected chi connectivity index (χ3v) is 14.5. The Morgan fingerprint density at radius 2 is 0.373 bits per heavy atom. The van der Waals surface area contributed by atoms with Crippen LogP contribution in [0.15, 0.2) is 183 Å². The van der Waals surface area contributed by atoms with E-state index in [4.69, 9.17) is 0 Å². The number of pyridine rings is 4. The van der Waals surface area contributed by atoms with Crippen LogP contribution in [-0.4, -0.2) is 39.9 Å². The SMILES string of the molecule is C.C.C.C.C.C.C.C.C.C.C.C.Cc1cc(F)c(C)c(F)c1.Cc1cc(F)c(C)c(F)c1.Cc1ccc(C)c(F)c1.Cc1ccc(C)c(F)c1.Cc1ccc(C)c(F)c1F.Cc1ccc(C)cc1.Cc1ccc(C)nc1.Cc1ccc(C)nc1.Cc1cnc(C)c(F)c1.Cc1cnc(C)c(F)c1.Cc1cnc(C)nc1.Cc1cnc(C)nc1. The third-order valence-electron chi connectivity index (χ3n) is 14.5. The molecular weight excluding hydrogens is 1500 g/mol. The van der Waals surface area contributed by atoms with Gasteiger partial charge in [0, 0.05) is 72.1 Å². The van der Waals surface area contributed by atoms with Crippen LogP contribution in [0, 0.1) is 224 Å². The van der Waals surface area contributed by atoms with Crippen molar-refractivity contribution in [3.05, 3.63) is 376 Å². The van der Waals surface area contributed by atoms with Crippen molar-refractivity contribution in [1.29, 1.82) is 0 Å². The monoisotopic (exact) mass is 1650 g/mol. The van der Waals surface area contributed by atoms with E-state index < -0.39 is 34.9 Å². The second kappa shape index (κ2) is 70.6. The molecule has 12 rings (SSSR count). The lowest BCUT2D eigenvalue weighted by molar-refractivity contribution is 0.497. The van der Waals surface area contributed by atoms with Crippen molar-refractivity contribution < 1.29 is 43.9 Å². The standard InChI is InChI=1S/3C8H8F2.2C8H9F.C8H10.2C7H8FN.2C7H9N.2C6H8N2.12CH4/c2*1-5-3-7(9)6(2)8(10)4-5;1-5-3-4-6(2)8(10)7(5)9;2*1-6-3-4-7(2)8(9)5-6;1-7-3-5-8(2)6-4-7;2*1-5-3-7(8)6(2)9-4-5;2*1-6-3-4-7(2)8-5-6;2*1-5-3-7-6(2)8-4-5;;;;;;;;;;;;/h3*3-4H,1-2H3;2*3-5H,1-2H3;3-6H,1-2H3;2*3-4H,1-2H3;2*3-5H,1-2H3;2*3-4H,1-2H3;12*1H4. The van der Waals surface area contributed by atoms with Crippen molar-refractivity contribution in [2.75, 3.05) is 0 Å². The fourth-order valence-electron chi connectivity index (χ4n) is 7.52. The first-order chi connectivity index (χ1) is 49.6. The first kappa shape index (κ1) is 134. The van der Waals surface area contributed by atoms with Crippen LogP contribution >= 0.6 is 0 Å². The number of rotatable bonds is 0. The van der Waals surface area contributed by atoms with Gasteiger partial charge in [-0.3, -0.25) is 19.9 Å². The molecule has 6 aromatic heterocycles. The summed E-state index contributed by atoms with van der Waals surface area (Å²) in [5.74, 6) is -2.40. The van der Waals surface area contributed by atoms with E-state index in [0.717, 1.165) is 56.4 Å². The van der Waals surface area contributed by atoms with Gasteiger partial charge in [0.05, 0.1) is 11.4 Å². The second-order valence-electron chi connectivity index (χ2n) is 25.4. The van der Waals surface area contributed by atoms with Crippen LogP contribution in [0.2, 0.25) is 0 Å². The van der Waals surface area contributed by atoms with Crippen LogP contribution in [0.4, 0.5) is 43.9 Å². The number of hydrogen-bond donors (Lipinski definition) is 0. The van der Waals surface area contributed by atoms with Crippen LogP contribution < -0.4 is 0 Å². The first-order valence-corrected chi connectivity index (χ1v) is 33.8. The zero-order valence-corrected chi connectivity index (χ0v) is 65.7. The van der Waals surface area contributed by atoms with Gasteiger partial charge in [-0.15, -0.1) is 0 Å². The smallest absolute Gasteiger partial charge is 0.161 e. The second-order valence-corrected chi connectivity index (χ2v) is 25.4. The molecule has 660 valence electrons. The lowest BCUT2D eigenvalue weighted by Crippen LogP contribution is -1.91. The Balaban J connectivity index is -0.000000103. The van der Waals surface area contributed by atoms with Gasteiger partial charge in [-0.1, -0.05) is 173 Å². The highest BCUT2D eigenvalue weighted by Gasteiger charge is 2.07. The minimum absolute atomic E-state index is 0. The highest BCUT2D eigenvalue weighted by molar-refractivity contribution is 5.28. The Labute approximate surface area is 711 Å². The summed E-state index contributed by atoms with van der Waals surface area (Å²) in [6, 6.07) is 38.4. The van der Waals surface area contributed by atoms with Gasteiger partial charge in [-0.05, 0) is 305 Å². The van der Waals surface area contributed by atoms with E-state index in [2.05, 4.69) is 90.1 Å². The predicted octanol–water partition coefficient (Wildman–Crippen LogP) is 31.8. The lowest BCUT2D eigenvalue weighted by Gasteiger charge is -1.99. The van der Waals surface area contributed by atoms with Gasteiger partial charge in [0.15, 0.2) is 11.6 Å². The molecule has 0 amide bonds. The topological polar surface area (TPSA) is 103 Å². The summed E-state index contributed by atoms with van der Waals surface area (Å²) in [4.78, 5) is 31.6. The summed E-state index contributed by atoms with van der Waals surface area (Å²) in [5.41, 5.74) is 17.6. The van der Waals surface area contributed by atoms with Crippen LogP contribution in [-0.2, 0) is 0 Å². The Hall–Kier alpha value is -10.6. The van der Waals surface area contributed by atoms with Gasteiger partial charge in [0.25, 0.3) is 0 Å². The Bertz CT molecular complexity index is 3870. The van der Waals surface area contributed by atoms with Gasteiger partial charge in [0.2, 0.25) is 0 Å². The first-order valence-electron chi connectivity index (χ1n) is 33.8. The molecule has 18 heteroatoms. The minimum Gasteiger partial charge on any atom is -0.261 e. The predicted molar refractivity (Wildman–Crippen MR) is 494 cm³/mol. The fraction of sp³-hybridized carbons (Fsp3) is 0.360. The highest BCUT2D eigenvalue weighted by atomic mass is 19.2. The van der Waals surface area contributed by atoms with Crippen LogP contribution in [0.5, 0.6) is 0 Å². The molecule has 8 nitrogen and oxygen atoms in total. The molecule has 12 aromatic rings. The molecule has 0 unspecified atom stereocenters. The summed E-state index contributed by atoms with van der Waals surface area (Å²) < 4.78 is 126. The van der Waals surface area contributed by atoms with E-state index in [1.165, 1.54) is 98.5 Å². The Morgan fingerprint density at radius 1 is 0.169 bits per heavy atom. The molecule has 0 saturated carbocycles. The maximum atomic E-state index is 12.6. The molecule has 6 heterocycles. The summed E-state index contributed by atoms with van der Waals surface area (Å²) in [6.45, 7) is 43.4. The molecule has 118 heavy (non-hydrogen) atoms. The zero-order valence-electron chi connectivity index (χ0n) is 65.7. The molecule has 0 aliphatic carbocycles. The average Bonchev–Trinajstić information content (AvgIpc) is 0.870. The molecule has 0 saturated heterocycles. The highest BCUT2D eigenvalue weighted by Crippen LogP contribution is 2.17. The molecule has 0 aliphatic rings. The van der Waals surface area contributed by atoms with Gasteiger partial charge in [-0.2, -0.15) is 0 Å². The van der Waals surface area contributed by atoms with Crippen molar-refractivity contribution in [1.82, 2.24) is 39.9 Å². The number of nitrogens with zero attached hydrogens (tertiary/aromatic N) is 8. The van der Waals surface area contributed by atoms with Gasteiger partial charge < -0.3 is 0 Å². The quantitative estimate of drug-likeness (QED) is 0.138. The number of benzene rings is 6. The minimum atomic E-state index is -0.736. The van der Waals surface area contributed by atoms with Gasteiger partial charge in [-0.25, -0.2) is 63.8 Å². The molecule has 0 aliphatic heterocycles. The Kier molecular flexibility index (Phi) is 79.9. The van der Waals surface area contributed by atoms with Crippen LogP contribution in [0.3, 0.4) is 0 Å². The van der Waals surface area contributed by atoms with Crippen molar-refractivity contribution in [2.45, 2.75) is 255 Å². The summed E-state index contributed by atoms with van der Waals surface area (Å²) in [7, 11) is 0. The maximum absolute atomic E-state index is 12.6. The molecule has 0 spiro atoms. The molecular formula is C100H150F10N8. The van der Waals surface area contributed by atoms with E-state index in [1.807, 2.05) is 145 Å². The number of aromatic nitrogens is 8. The van der Waals surface area contributed by atoms with Gasteiger partial charge in [0.1, 0.15) is 58.2 Å². The van der Waals surface area contributed by atoms with E-state index in [9.17, 15) is 43.9 Å². The van der Waals surface area contributed by atoms with E-state index in [0.29, 0.717) is 44.8 Å². The maximum Gasteiger partial charge on any atom is 0.161 e. The third kappa shape index (κ3) is 58.3. The van der Waals surface area contributed by atoms with E-state index in [-0.39, 0.29) is 124 Å². The largest absolute Gasteiger partial charge is 0.261 e. The molecule has 6 aromatic carbocycles. The number of hydrogen-bond acceptors (Lipinski definition) is 8. The molecule has 0 atom stereocenters. The summed E-state index contributed by atoms with van der Waals surface area (Å²) >= 11 is 0. The van der Waals surface area contributed by atoms with E-state index in [1.54, 1.807) is 78.2 Å². The van der Waals surface area contributed by atoms with Crippen molar-refractivity contribution in [3.8, 4) is 0 Å². The molecule has 0 radical (unpaired) electrons. The van der Waals surface area contributed by atoms with Crippen LogP contribution in [0.1, 0.15) is 224 Å². The lowest BCUT2D eigenvalue weighted by atomic mass is 10.1. The van der Waals surface area contributed by atoms with Crippen LogP contribution in [0.25, 0.3) is 0 Å². The molecule has 0 N–H and O–H groups in total. The number of aryl methyl sites for hydroxylation is 22. The number of halogens is 10. The fourth-order valence-corrected chi connectivity index (χ4v) is 7.52. The summed E-state index contributed by atoms with van der Waals surface area (Å²) in [6.07, 6.45) is 14.3. The van der Waals surface area contributed by atoms with Crippen molar-refractivity contribution in [2.24, 2.45) is 0 Å². The summed E-state index contributed by atoms with van der Waals surface area (Å²) in [5, 5.41) is 0. The van der Waals surface area contributed by atoms with E-state index >= 15 is 0 Å². The zero-order chi connectivity index (χ0) is 80.5. The van der Waals surface area contributed by atoms with Gasteiger partial charge >= 0.3 is 0 Å². The normalized spacial score (nSPS) is 8.63. The van der Waals surface area contributed by atoms with Crippen molar-refractivity contribution >= 4 is 0 Å². The Morgan fingerprint density at radius 3 is 0.568 bits per heavy atom.